The van der Waals surface area contributed by atoms with E-state index in [1.807, 2.05) is 41.8 Å². The lowest BCUT2D eigenvalue weighted by atomic mass is 9.86. The van der Waals surface area contributed by atoms with Gasteiger partial charge in [-0.05, 0) is 55.8 Å². The van der Waals surface area contributed by atoms with Crippen LogP contribution in [0.4, 0.5) is 11.5 Å². The fraction of sp³-hybridized carbons (Fsp3) is 0.286. The van der Waals surface area contributed by atoms with Gasteiger partial charge in [0.05, 0.1) is 5.02 Å². The molecule has 212 valence electrons. The molecule has 0 bridgehead atoms. The molecule has 13 heteroatoms. The van der Waals surface area contributed by atoms with E-state index < -0.39 is 23.8 Å². The maximum Gasteiger partial charge on any atom is 0.237 e. The third-order valence-corrected chi connectivity index (χ3v) is 7.52. The summed E-state index contributed by atoms with van der Waals surface area (Å²) in [7, 11) is 0. The Balaban J connectivity index is 1.56. The zero-order valence-corrected chi connectivity index (χ0v) is 23.2. The largest absolute Gasteiger partial charge is 0.369 e. The van der Waals surface area contributed by atoms with Crippen LogP contribution in [0.2, 0.25) is 5.02 Å². The number of carbonyl (C=O) groups is 3. The number of hydrogen-bond donors (Lipinski definition) is 4. The third kappa shape index (κ3) is 5.56. The maximum atomic E-state index is 12.3. The molecule has 2 aromatic heterocycles. The van der Waals surface area contributed by atoms with Gasteiger partial charge in [-0.25, -0.2) is 15.0 Å². The van der Waals surface area contributed by atoms with Gasteiger partial charge < -0.3 is 27.0 Å². The van der Waals surface area contributed by atoms with Gasteiger partial charge >= 0.3 is 0 Å². The number of likely N-dealkylation sites (N-methyl/N-ethyl adjacent to an activating group) is 1. The van der Waals surface area contributed by atoms with Crippen molar-refractivity contribution in [2.24, 2.45) is 11.5 Å². The number of fused-ring (bicyclic) bond motifs is 1. The predicted molar refractivity (Wildman–Crippen MR) is 157 cm³/mol. The van der Waals surface area contributed by atoms with Crippen molar-refractivity contribution >= 4 is 52.0 Å². The summed E-state index contributed by atoms with van der Waals surface area (Å²) in [4.78, 5) is 51.6. The first-order chi connectivity index (χ1) is 19.7. The predicted octanol–water partition coefficient (Wildman–Crippen LogP) is 2.38. The minimum Gasteiger partial charge on any atom is -0.369 e. The summed E-state index contributed by atoms with van der Waals surface area (Å²) in [6.45, 7) is 3.70. The van der Waals surface area contributed by atoms with E-state index in [4.69, 9.17) is 28.1 Å². The molecule has 12 nitrogen and oxygen atoms in total. The quantitative estimate of drug-likeness (QED) is 0.220. The molecule has 5 rings (SSSR count). The Labute approximate surface area is 241 Å². The fourth-order valence-electron chi connectivity index (χ4n) is 5.19. The van der Waals surface area contributed by atoms with Crippen molar-refractivity contribution in [3.63, 3.8) is 0 Å². The molecule has 1 aliphatic heterocycles. The number of benzene rings is 2. The van der Waals surface area contributed by atoms with E-state index in [0.717, 1.165) is 5.69 Å². The third-order valence-electron chi connectivity index (χ3n) is 7.19. The van der Waals surface area contributed by atoms with Gasteiger partial charge in [0.25, 0.3) is 0 Å². The molecular weight excluding hydrogens is 546 g/mol. The number of primary amides is 2. The number of anilines is 2. The van der Waals surface area contributed by atoms with Gasteiger partial charge in [-0.2, -0.15) is 0 Å². The van der Waals surface area contributed by atoms with E-state index in [9.17, 15) is 14.4 Å². The summed E-state index contributed by atoms with van der Waals surface area (Å²) in [6, 6.07) is 14.4. The van der Waals surface area contributed by atoms with E-state index in [1.54, 1.807) is 18.2 Å². The molecule has 6 N–H and O–H groups in total. The number of hydrogen-bond acceptors (Lipinski definition) is 8. The lowest BCUT2D eigenvalue weighted by Crippen LogP contribution is -2.61. The Hall–Kier alpha value is -4.55. The highest BCUT2D eigenvalue weighted by Gasteiger charge is 2.40. The Morgan fingerprint density at radius 1 is 1.02 bits per heavy atom. The lowest BCUT2D eigenvalue weighted by Gasteiger charge is -2.40. The average Bonchev–Trinajstić information content (AvgIpc) is 3.33. The molecule has 1 aliphatic rings. The molecule has 0 saturated carbocycles. The average molecular weight is 576 g/mol. The van der Waals surface area contributed by atoms with Gasteiger partial charge in [0.2, 0.25) is 17.7 Å². The van der Waals surface area contributed by atoms with Crippen LogP contribution in [0.15, 0.2) is 54.9 Å². The second-order valence-electron chi connectivity index (χ2n) is 9.82. The highest BCUT2D eigenvalue weighted by Crippen LogP contribution is 2.36. The Morgan fingerprint density at radius 3 is 2.37 bits per heavy atom. The number of aromatic nitrogens is 4. The first-order valence-electron chi connectivity index (χ1n) is 13.2. The highest BCUT2D eigenvalue weighted by molar-refractivity contribution is 6.33. The molecule has 0 atom stereocenters. The van der Waals surface area contributed by atoms with Crippen LogP contribution < -0.4 is 27.0 Å². The zero-order chi connectivity index (χ0) is 29.1. The number of piperidine rings is 1. The van der Waals surface area contributed by atoms with Gasteiger partial charge in [-0.1, -0.05) is 30.7 Å². The van der Waals surface area contributed by atoms with Crippen LogP contribution >= 0.6 is 11.6 Å². The lowest BCUT2D eigenvalue weighted by molar-refractivity contribution is -0.126. The fourth-order valence-corrected chi connectivity index (χ4v) is 5.41. The number of amides is 3. The number of imidazole rings is 1. The van der Waals surface area contributed by atoms with E-state index in [2.05, 4.69) is 25.5 Å². The Kier molecular flexibility index (Phi) is 7.86. The molecule has 0 aliphatic carbocycles. The molecule has 3 heterocycles. The molecule has 0 unspecified atom stereocenters. The summed E-state index contributed by atoms with van der Waals surface area (Å²) in [5, 5.41) is 6.45. The van der Waals surface area contributed by atoms with Gasteiger partial charge in [-0.15, -0.1) is 0 Å². The minimum absolute atomic E-state index is 0.355. The van der Waals surface area contributed by atoms with Crippen LogP contribution in [0.25, 0.3) is 28.2 Å². The van der Waals surface area contributed by atoms with Crippen molar-refractivity contribution < 1.29 is 14.4 Å². The smallest absolute Gasteiger partial charge is 0.237 e. The molecule has 0 radical (unpaired) electrons. The van der Waals surface area contributed by atoms with Gasteiger partial charge in [-0.3, -0.25) is 19.0 Å². The van der Waals surface area contributed by atoms with Crippen molar-refractivity contribution in [2.45, 2.75) is 31.7 Å². The second kappa shape index (κ2) is 11.5. The van der Waals surface area contributed by atoms with Crippen LogP contribution in [0.3, 0.4) is 0 Å². The second-order valence-corrected chi connectivity index (χ2v) is 10.2. The molecule has 3 amide bonds. The van der Waals surface area contributed by atoms with Crippen molar-refractivity contribution in [1.29, 1.82) is 0 Å². The monoisotopic (exact) mass is 575 g/mol. The molecular formula is C28H30ClN9O3. The molecule has 2 aromatic carbocycles. The topological polar surface area (TPSA) is 174 Å². The van der Waals surface area contributed by atoms with E-state index >= 15 is 0 Å². The first-order valence-corrected chi connectivity index (χ1v) is 13.6. The van der Waals surface area contributed by atoms with Gasteiger partial charge in [0.1, 0.15) is 24.1 Å². The van der Waals surface area contributed by atoms with Crippen molar-refractivity contribution in [3.05, 3.63) is 59.9 Å². The Morgan fingerprint density at radius 2 is 1.73 bits per heavy atom. The van der Waals surface area contributed by atoms with Gasteiger partial charge in [0.15, 0.2) is 17.0 Å². The summed E-state index contributed by atoms with van der Waals surface area (Å²) in [5.74, 6) is -0.352. The van der Waals surface area contributed by atoms with Crippen molar-refractivity contribution in [3.8, 4) is 17.1 Å². The van der Waals surface area contributed by atoms with Crippen LogP contribution in [0.1, 0.15) is 26.2 Å². The van der Waals surface area contributed by atoms with E-state index in [1.165, 1.54) is 6.33 Å². The summed E-state index contributed by atoms with van der Waals surface area (Å²) >= 11 is 6.61. The molecule has 1 fully saturated rings. The summed E-state index contributed by atoms with van der Waals surface area (Å²) in [5.41, 5.74) is 13.2. The van der Waals surface area contributed by atoms with Crippen molar-refractivity contribution in [2.75, 3.05) is 29.9 Å². The van der Waals surface area contributed by atoms with Crippen LogP contribution in [-0.4, -0.2) is 62.4 Å². The Bertz CT molecular complexity index is 1610. The minimum atomic E-state index is -0.756. The van der Waals surface area contributed by atoms with E-state index in [-0.39, 0.29) is 5.91 Å². The summed E-state index contributed by atoms with van der Waals surface area (Å²) in [6.07, 6.45) is 2.14. The number of nitrogens with zero attached hydrogens (tertiary/aromatic N) is 5. The zero-order valence-electron chi connectivity index (χ0n) is 22.4. The number of carbonyl (C=O) groups excluding carboxylic acids is 3. The van der Waals surface area contributed by atoms with E-state index in [0.29, 0.717) is 71.6 Å². The maximum absolute atomic E-state index is 12.3. The van der Waals surface area contributed by atoms with Gasteiger partial charge in [0, 0.05) is 30.0 Å². The van der Waals surface area contributed by atoms with Crippen molar-refractivity contribution in [1.82, 2.24) is 24.8 Å². The standard InChI is InChI=1S/C28H30ClN9O3/c1-2-34-28(27(31)41)11-13-37(14-12-28)25-23-26(33-16-32-25)38(24(36-23)19-5-3-4-6-20(19)29)18-9-7-17(8-10-18)35-22(40)15-21(30)39/h3-10,16,34H,2,11-15H2,1H3,(H2,30,39)(H2,31,41)(H,35,40). The first kappa shape index (κ1) is 28.0. The van der Waals surface area contributed by atoms with Crippen LogP contribution in [0, 0.1) is 0 Å². The summed E-state index contributed by atoms with van der Waals surface area (Å²) < 4.78 is 1.88. The molecule has 4 aromatic rings. The van der Waals surface area contributed by atoms with Crippen LogP contribution in [0.5, 0.6) is 0 Å². The van der Waals surface area contributed by atoms with Crippen LogP contribution in [-0.2, 0) is 14.4 Å². The molecule has 41 heavy (non-hydrogen) atoms. The normalized spacial score (nSPS) is 14.6. The number of rotatable bonds is 9. The highest BCUT2D eigenvalue weighted by atomic mass is 35.5. The molecule has 0 spiro atoms. The SMILES string of the molecule is CCNC1(C(N)=O)CCN(c2ncnc3c2nc(-c2ccccc2Cl)n3-c2ccc(NC(=O)CC(N)=O)cc2)CC1. The number of nitrogens with two attached hydrogens (primary N) is 2. The number of halogens is 1. The molecule has 1 saturated heterocycles. The number of nitrogens with one attached hydrogen (secondary N) is 2.